The molecule has 0 aliphatic heterocycles. The third-order valence-corrected chi connectivity index (χ3v) is 14.2. The lowest BCUT2D eigenvalue weighted by Gasteiger charge is -2.16. The zero-order valence-electron chi connectivity index (χ0n) is 34.2. The number of hydrogen-bond donors (Lipinski definition) is 0. The Morgan fingerprint density at radius 3 is 1.62 bits per heavy atom. The highest BCUT2D eigenvalue weighted by atomic mass is 32.1. The average Bonchev–Trinajstić information content (AvgIpc) is 4.03. The van der Waals surface area contributed by atoms with Crippen LogP contribution in [0.2, 0.25) is 0 Å². The highest BCUT2D eigenvalue weighted by Crippen LogP contribution is 2.47. The maximum Gasteiger partial charge on any atom is 0.0641 e. The second kappa shape index (κ2) is 14.3. The molecule has 0 fully saturated rings. The molecule has 0 amide bonds. The van der Waals surface area contributed by atoms with Gasteiger partial charge in [-0.3, -0.25) is 0 Å². The Kier molecular flexibility index (Phi) is 8.12. The van der Waals surface area contributed by atoms with Crippen LogP contribution in [0.15, 0.2) is 231 Å². The molecule has 0 N–H and O–H groups in total. The summed E-state index contributed by atoms with van der Waals surface area (Å²) in [7, 11) is 0. The van der Waals surface area contributed by atoms with Gasteiger partial charge in [-0.2, -0.15) is 0 Å². The minimum atomic E-state index is 1.17. The van der Waals surface area contributed by atoms with Crippen LogP contribution in [-0.4, -0.2) is 9.13 Å². The quantitative estimate of drug-likeness (QED) is 0.158. The monoisotopic (exact) mass is 818 g/mol. The summed E-state index contributed by atoms with van der Waals surface area (Å²) in [6, 6.07) is 84.5. The van der Waals surface area contributed by atoms with E-state index in [1.54, 1.807) is 0 Å². The molecule has 10 aromatic carbocycles. The maximum absolute atomic E-state index is 2.50. The Bertz CT molecular complexity index is 3890. The summed E-state index contributed by atoms with van der Waals surface area (Å²) in [5.41, 5.74) is 16.9. The molecule has 0 saturated heterocycles. The van der Waals surface area contributed by atoms with Gasteiger partial charge >= 0.3 is 0 Å². The summed E-state index contributed by atoms with van der Waals surface area (Å²) < 4.78 is 7.58. The molecule has 0 bridgehead atoms. The minimum Gasteiger partial charge on any atom is -0.308 e. The molecule has 0 aliphatic carbocycles. The SMILES string of the molecule is c1ccc(-c2ccc(-c3ccc(-n4c5ccccc5c5cc(-c6cccc7c8ccccc8n(-c8ccccc8-c8ccccc8)c67)ccc54)c4sc5ccccc5c34)cc2)cc1. The van der Waals surface area contributed by atoms with E-state index in [-0.39, 0.29) is 0 Å². The fraction of sp³-hybridized carbons (Fsp3) is 0. The van der Waals surface area contributed by atoms with Gasteiger partial charge in [-0.1, -0.05) is 188 Å². The Balaban J connectivity index is 1.03. The summed E-state index contributed by atoms with van der Waals surface area (Å²) >= 11 is 1.89. The first-order chi connectivity index (χ1) is 31.3. The molecule has 13 aromatic rings. The van der Waals surface area contributed by atoms with E-state index in [4.69, 9.17) is 0 Å². The molecule has 0 radical (unpaired) electrons. The van der Waals surface area contributed by atoms with Gasteiger partial charge < -0.3 is 9.13 Å². The highest BCUT2D eigenvalue weighted by molar-refractivity contribution is 7.26. The fourth-order valence-electron chi connectivity index (χ4n) is 10.1. The van der Waals surface area contributed by atoms with Crippen LogP contribution >= 0.6 is 11.3 Å². The summed E-state index contributed by atoms with van der Waals surface area (Å²) in [5, 5.41) is 7.57. The van der Waals surface area contributed by atoms with Crippen molar-refractivity contribution in [3.63, 3.8) is 0 Å². The van der Waals surface area contributed by atoms with Crippen LogP contribution in [0.4, 0.5) is 0 Å². The van der Waals surface area contributed by atoms with Gasteiger partial charge in [0.05, 0.1) is 38.1 Å². The zero-order valence-corrected chi connectivity index (χ0v) is 35.1. The van der Waals surface area contributed by atoms with Gasteiger partial charge in [0.15, 0.2) is 0 Å². The van der Waals surface area contributed by atoms with Crippen LogP contribution in [-0.2, 0) is 0 Å². The van der Waals surface area contributed by atoms with E-state index in [0.29, 0.717) is 0 Å². The van der Waals surface area contributed by atoms with Crippen molar-refractivity contribution in [2.24, 2.45) is 0 Å². The first-order valence-corrected chi connectivity index (χ1v) is 22.4. The maximum atomic E-state index is 2.50. The lowest BCUT2D eigenvalue weighted by Crippen LogP contribution is -1.98. The molecule has 0 aliphatic rings. The molecule has 3 aromatic heterocycles. The van der Waals surface area contributed by atoms with Crippen molar-refractivity contribution in [1.82, 2.24) is 9.13 Å². The van der Waals surface area contributed by atoms with Crippen molar-refractivity contribution in [2.45, 2.75) is 0 Å². The van der Waals surface area contributed by atoms with Crippen LogP contribution in [0, 0.1) is 0 Å². The predicted octanol–water partition coefficient (Wildman–Crippen LogP) is 16.9. The number of benzene rings is 10. The number of rotatable bonds is 6. The van der Waals surface area contributed by atoms with E-state index in [9.17, 15) is 0 Å². The third kappa shape index (κ3) is 5.57. The molecule has 3 heterocycles. The van der Waals surface area contributed by atoms with Crippen LogP contribution < -0.4 is 0 Å². The first-order valence-electron chi connectivity index (χ1n) is 21.6. The molecule has 0 atom stereocenters. The second-order valence-corrected chi connectivity index (χ2v) is 17.5. The predicted molar refractivity (Wildman–Crippen MR) is 270 cm³/mol. The third-order valence-electron chi connectivity index (χ3n) is 13.0. The number of hydrogen-bond acceptors (Lipinski definition) is 1. The van der Waals surface area contributed by atoms with Gasteiger partial charge in [-0.05, 0) is 75.8 Å². The normalized spacial score (nSPS) is 11.8. The summed E-state index contributed by atoms with van der Waals surface area (Å²) in [5.74, 6) is 0. The number of fused-ring (bicyclic) bond motifs is 9. The topological polar surface area (TPSA) is 9.86 Å². The van der Waals surface area contributed by atoms with Crippen molar-refractivity contribution in [2.75, 3.05) is 0 Å². The van der Waals surface area contributed by atoms with Crippen LogP contribution in [0.25, 0.3) is 120 Å². The molecule has 3 heteroatoms. The molecule has 0 spiro atoms. The largest absolute Gasteiger partial charge is 0.308 e. The summed E-state index contributed by atoms with van der Waals surface area (Å²) in [6.07, 6.45) is 0. The lowest BCUT2D eigenvalue weighted by atomic mass is 9.96. The van der Waals surface area contributed by atoms with E-state index >= 15 is 0 Å². The van der Waals surface area contributed by atoms with Gasteiger partial charge in [0.2, 0.25) is 0 Å². The molecular weight excluding hydrogens is 781 g/mol. The Morgan fingerprint density at radius 2 is 0.825 bits per heavy atom. The highest BCUT2D eigenvalue weighted by Gasteiger charge is 2.22. The Labute approximate surface area is 368 Å². The van der Waals surface area contributed by atoms with E-state index in [1.165, 1.54) is 120 Å². The minimum absolute atomic E-state index is 1.17. The van der Waals surface area contributed by atoms with Crippen molar-refractivity contribution < 1.29 is 0 Å². The molecule has 63 heavy (non-hydrogen) atoms. The molecule has 2 nitrogen and oxygen atoms in total. The average molecular weight is 819 g/mol. The van der Waals surface area contributed by atoms with E-state index in [0.717, 1.165) is 0 Å². The Hall–Kier alpha value is -7.98. The van der Waals surface area contributed by atoms with Crippen LogP contribution in [0.5, 0.6) is 0 Å². The van der Waals surface area contributed by atoms with E-state index < -0.39 is 0 Å². The Morgan fingerprint density at radius 1 is 0.286 bits per heavy atom. The molecule has 0 unspecified atom stereocenters. The van der Waals surface area contributed by atoms with Gasteiger partial charge in [0, 0.05) is 48.1 Å². The van der Waals surface area contributed by atoms with E-state index in [1.807, 2.05) is 11.3 Å². The van der Waals surface area contributed by atoms with Gasteiger partial charge in [0.1, 0.15) is 0 Å². The number of para-hydroxylation sites is 4. The second-order valence-electron chi connectivity index (χ2n) is 16.4. The number of thiophene rings is 1. The molecule has 0 saturated carbocycles. The lowest BCUT2D eigenvalue weighted by molar-refractivity contribution is 1.18. The summed E-state index contributed by atoms with van der Waals surface area (Å²) in [4.78, 5) is 0. The van der Waals surface area contributed by atoms with Crippen molar-refractivity contribution >= 4 is 75.1 Å². The number of nitrogens with zero attached hydrogens (tertiary/aromatic N) is 2. The van der Waals surface area contributed by atoms with Gasteiger partial charge in [-0.15, -0.1) is 11.3 Å². The van der Waals surface area contributed by atoms with Crippen molar-refractivity contribution in [1.29, 1.82) is 0 Å². The standard InChI is InChI=1S/C60H38N2S/c1-3-16-39(17-4-1)40-30-32-42(33-31-40)45-35-37-56(60-58(45)50-23-10-14-29-57(50)63-60)61-53-27-12-9-22-48(53)51-38-43(34-36-55(51)61)46-24-15-25-49-47-21-8-13-28-54(47)62(59(46)49)52-26-11-7-20-44(52)41-18-5-2-6-19-41/h1-38H. The van der Waals surface area contributed by atoms with Gasteiger partial charge in [0.25, 0.3) is 0 Å². The van der Waals surface area contributed by atoms with Crippen LogP contribution in [0.3, 0.4) is 0 Å². The first kappa shape index (κ1) is 35.7. The smallest absolute Gasteiger partial charge is 0.0641 e. The van der Waals surface area contributed by atoms with Crippen molar-refractivity contribution in [3.8, 4) is 55.9 Å². The molecule has 294 valence electrons. The summed E-state index contributed by atoms with van der Waals surface area (Å²) in [6.45, 7) is 0. The molecule has 13 rings (SSSR count). The van der Waals surface area contributed by atoms with Crippen LogP contribution in [0.1, 0.15) is 0 Å². The number of aromatic nitrogens is 2. The van der Waals surface area contributed by atoms with E-state index in [2.05, 4.69) is 240 Å². The zero-order chi connectivity index (χ0) is 41.4. The van der Waals surface area contributed by atoms with Crippen molar-refractivity contribution in [3.05, 3.63) is 231 Å². The van der Waals surface area contributed by atoms with Gasteiger partial charge in [-0.25, -0.2) is 0 Å². The molecular formula is C60H38N2S. The fourth-order valence-corrected chi connectivity index (χ4v) is 11.4.